The average Bonchev–Trinajstić information content (AvgIpc) is 2.77. The Labute approximate surface area is 202 Å². The Morgan fingerprint density at radius 2 is 1.94 bits per heavy atom. The first-order chi connectivity index (χ1) is 15.4. The van der Waals surface area contributed by atoms with Gasteiger partial charge >= 0.3 is 0 Å². The molecule has 1 unspecified atom stereocenters. The molecule has 1 N–H and O–H groups in total. The molecule has 1 aliphatic rings. The minimum absolute atomic E-state index is 0.0129. The van der Waals surface area contributed by atoms with Gasteiger partial charge in [0.1, 0.15) is 11.0 Å². The van der Waals surface area contributed by atoms with E-state index >= 15 is 0 Å². The smallest absolute Gasteiger partial charge is 0.254 e. The number of aromatic nitrogens is 2. The lowest BCUT2D eigenvalue weighted by Gasteiger charge is -2.40. The molecule has 0 bridgehead atoms. The van der Waals surface area contributed by atoms with Crippen molar-refractivity contribution in [3.8, 4) is 0 Å². The number of amides is 2. The summed E-state index contributed by atoms with van der Waals surface area (Å²) in [5.41, 5.74) is 0.621. The van der Waals surface area contributed by atoms with E-state index in [1.165, 1.54) is 11.8 Å². The summed E-state index contributed by atoms with van der Waals surface area (Å²) in [4.78, 5) is 37.6. The lowest BCUT2D eigenvalue weighted by molar-refractivity contribution is -0.118. The van der Waals surface area contributed by atoms with Gasteiger partial charge in [0.2, 0.25) is 5.91 Å². The van der Waals surface area contributed by atoms with Crippen LogP contribution in [0.4, 0.5) is 5.82 Å². The second-order valence-electron chi connectivity index (χ2n) is 7.62. The minimum Gasteiger partial charge on any atom is -0.355 e. The number of rotatable bonds is 8. The highest BCUT2D eigenvalue weighted by Gasteiger charge is 2.29. The second-order valence-corrected chi connectivity index (χ2v) is 9.39. The number of thioether (sulfide) groups is 1. The van der Waals surface area contributed by atoms with Crippen LogP contribution in [0.15, 0.2) is 35.5 Å². The monoisotopic (exact) mass is 495 g/mol. The summed E-state index contributed by atoms with van der Waals surface area (Å²) < 4.78 is 0. The van der Waals surface area contributed by atoms with Crippen LogP contribution < -0.4 is 10.2 Å². The zero-order valence-corrected chi connectivity index (χ0v) is 20.5. The molecule has 0 aliphatic carbocycles. The molecule has 1 atom stereocenters. The first-order valence-electron chi connectivity index (χ1n) is 10.6. The summed E-state index contributed by atoms with van der Waals surface area (Å²) in [6.07, 6.45) is 1.99. The van der Waals surface area contributed by atoms with Crippen molar-refractivity contribution in [1.82, 2.24) is 20.2 Å². The Balaban J connectivity index is 1.61. The van der Waals surface area contributed by atoms with E-state index in [2.05, 4.69) is 27.1 Å². The zero-order chi connectivity index (χ0) is 23.1. The first kappa shape index (κ1) is 24.6. The van der Waals surface area contributed by atoms with Crippen molar-refractivity contribution in [2.45, 2.75) is 37.9 Å². The average molecular weight is 496 g/mol. The standard InChI is InChI=1S/C22H27Cl2N5O2S/c1-3-4-9-25-20(30)14-32-22-26-18(24)12-19(27-22)28-10-11-29(15(2)13-28)21(31)16-5-7-17(23)8-6-16/h5-8,12,15H,3-4,9-11,13-14H2,1-2H3,(H,25,30). The van der Waals surface area contributed by atoms with Crippen molar-refractivity contribution < 1.29 is 9.59 Å². The van der Waals surface area contributed by atoms with E-state index < -0.39 is 0 Å². The molecule has 32 heavy (non-hydrogen) atoms. The van der Waals surface area contributed by atoms with Gasteiger partial charge in [-0.2, -0.15) is 0 Å². The Morgan fingerprint density at radius 1 is 1.19 bits per heavy atom. The molecule has 1 aliphatic heterocycles. The van der Waals surface area contributed by atoms with E-state index in [0.717, 1.165) is 12.8 Å². The van der Waals surface area contributed by atoms with Crippen LogP contribution in [0.5, 0.6) is 0 Å². The number of anilines is 1. The molecule has 1 aromatic heterocycles. The lowest BCUT2D eigenvalue weighted by atomic mass is 10.1. The van der Waals surface area contributed by atoms with Crippen molar-refractivity contribution in [3.05, 3.63) is 46.1 Å². The molecule has 0 saturated carbocycles. The molecule has 2 amide bonds. The first-order valence-corrected chi connectivity index (χ1v) is 12.4. The predicted molar refractivity (Wildman–Crippen MR) is 130 cm³/mol. The van der Waals surface area contributed by atoms with E-state index in [1.54, 1.807) is 30.3 Å². The van der Waals surface area contributed by atoms with Crippen LogP contribution in [0, 0.1) is 0 Å². The van der Waals surface area contributed by atoms with Crippen LogP contribution >= 0.6 is 35.0 Å². The summed E-state index contributed by atoms with van der Waals surface area (Å²) in [5.74, 6) is 0.879. The van der Waals surface area contributed by atoms with Gasteiger partial charge in [-0.05, 0) is 37.6 Å². The molecule has 3 rings (SSSR count). The van der Waals surface area contributed by atoms with Gasteiger partial charge in [0, 0.05) is 48.9 Å². The van der Waals surface area contributed by atoms with Crippen molar-refractivity contribution in [2.75, 3.05) is 36.8 Å². The van der Waals surface area contributed by atoms with Gasteiger partial charge in [-0.25, -0.2) is 9.97 Å². The summed E-state index contributed by atoms with van der Waals surface area (Å²) in [6.45, 7) is 6.57. The van der Waals surface area contributed by atoms with E-state index in [-0.39, 0.29) is 23.6 Å². The van der Waals surface area contributed by atoms with Crippen LogP contribution in [-0.2, 0) is 4.79 Å². The van der Waals surface area contributed by atoms with E-state index in [4.69, 9.17) is 23.2 Å². The molecule has 10 heteroatoms. The maximum atomic E-state index is 12.9. The molecule has 172 valence electrons. The van der Waals surface area contributed by atoms with E-state index in [1.807, 2.05) is 11.8 Å². The number of hydrogen-bond donors (Lipinski definition) is 1. The number of nitrogens with zero attached hydrogens (tertiary/aromatic N) is 4. The van der Waals surface area contributed by atoms with Crippen molar-refractivity contribution in [2.24, 2.45) is 0 Å². The van der Waals surface area contributed by atoms with Gasteiger partial charge in [-0.3, -0.25) is 9.59 Å². The number of carbonyl (C=O) groups excluding carboxylic acids is 2. The van der Waals surface area contributed by atoms with Gasteiger partial charge in [-0.15, -0.1) is 0 Å². The third-order valence-corrected chi connectivity index (χ3v) is 6.44. The zero-order valence-electron chi connectivity index (χ0n) is 18.2. The number of halogens is 2. The van der Waals surface area contributed by atoms with Crippen LogP contribution in [0.25, 0.3) is 0 Å². The van der Waals surface area contributed by atoms with Crippen molar-refractivity contribution in [3.63, 3.8) is 0 Å². The van der Waals surface area contributed by atoms with Crippen LogP contribution in [0.2, 0.25) is 10.2 Å². The molecule has 1 fully saturated rings. The Bertz CT molecular complexity index is 944. The largest absolute Gasteiger partial charge is 0.355 e. The molecular formula is C22H27Cl2N5O2S. The number of piperazine rings is 1. The highest BCUT2D eigenvalue weighted by atomic mass is 35.5. The predicted octanol–water partition coefficient (Wildman–Crippen LogP) is 4.14. The number of carbonyl (C=O) groups is 2. The molecule has 7 nitrogen and oxygen atoms in total. The summed E-state index contributed by atoms with van der Waals surface area (Å²) in [6, 6.07) is 8.65. The summed E-state index contributed by atoms with van der Waals surface area (Å²) >= 11 is 13.4. The van der Waals surface area contributed by atoms with Gasteiger partial charge < -0.3 is 15.1 Å². The molecule has 0 spiro atoms. The highest BCUT2D eigenvalue weighted by molar-refractivity contribution is 7.99. The molecule has 2 aromatic rings. The quantitative estimate of drug-likeness (QED) is 0.256. The van der Waals surface area contributed by atoms with Crippen LogP contribution in [-0.4, -0.2) is 64.7 Å². The van der Waals surface area contributed by atoms with E-state index in [9.17, 15) is 9.59 Å². The fourth-order valence-electron chi connectivity index (χ4n) is 3.42. The summed E-state index contributed by atoms with van der Waals surface area (Å²) in [7, 11) is 0. The topological polar surface area (TPSA) is 78.4 Å². The van der Waals surface area contributed by atoms with Crippen molar-refractivity contribution in [1.29, 1.82) is 0 Å². The van der Waals surface area contributed by atoms with Gasteiger partial charge in [-0.1, -0.05) is 48.3 Å². The van der Waals surface area contributed by atoms with Gasteiger partial charge in [0.25, 0.3) is 5.91 Å². The third kappa shape index (κ3) is 6.73. The fourth-order valence-corrected chi connectivity index (χ4v) is 4.46. The summed E-state index contributed by atoms with van der Waals surface area (Å²) in [5, 5.41) is 4.28. The van der Waals surface area contributed by atoms with Crippen LogP contribution in [0.1, 0.15) is 37.0 Å². The number of nitrogens with one attached hydrogen (secondary N) is 1. The molecule has 1 saturated heterocycles. The normalized spacial score (nSPS) is 16.2. The maximum absolute atomic E-state index is 12.9. The van der Waals surface area contributed by atoms with Gasteiger partial charge in [0.05, 0.1) is 5.75 Å². The SMILES string of the molecule is CCCCNC(=O)CSc1nc(Cl)cc(N2CCN(C(=O)c3ccc(Cl)cc3)C(C)C2)n1. The second kappa shape index (κ2) is 11.7. The van der Waals surface area contributed by atoms with Crippen LogP contribution in [0.3, 0.4) is 0 Å². The lowest BCUT2D eigenvalue weighted by Crippen LogP contribution is -2.54. The Hall–Kier alpha value is -2.03. The molecular weight excluding hydrogens is 469 g/mol. The Morgan fingerprint density at radius 3 is 2.62 bits per heavy atom. The van der Waals surface area contributed by atoms with E-state index in [0.29, 0.717) is 52.9 Å². The molecule has 2 heterocycles. The third-order valence-electron chi connectivity index (χ3n) is 5.15. The van der Waals surface area contributed by atoms with Crippen molar-refractivity contribution >= 4 is 52.6 Å². The van der Waals surface area contributed by atoms with Gasteiger partial charge in [0.15, 0.2) is 5.16 Å². The fraction of sp³-hybridized carbons (Fsp3) is 0.455. The number of unbranched alkanes of at least 4 members (excludes halogenated alkanes) is 1. The molecule has 0 radical (unpaired) electrons. The number of hydrogen-bond acceptors (Lipinski definition) is 6. The molecule has 1 aromatic carbocycles. The Kier molecular flexibility index (Phi) is 9.02. The highest BCUT2D eigenvalue weighted by Crippen LogP contribution is 2.25. The minimum atomic E-state index is -0.0449. The number of benzene rings is 1. The maximum Gasteiger partial charge on any atom is 0.254 e.